The summed E-state index contributed by atoms with van der Waals surface area (Å²) in [5.74, 6) is -4.13. The second kappa shape index (κ2) is 4.77. The molecule has 0 fully saturated rings. The second-order valence-corrected chi connectivity index (χ2v) is 4.62. The third kappa shape index (κ3) is 4.09. The number of hydrogen-bond donors (Lipinski definition) is 0. The summed E-state index contributed by atoms with van der Waals surface area (Å²) in [4.78, 5) is 11.4. The van der Waals surface area contributed by atoms with Crippen molar-refractivity contribution >= 4 is 5.97 Å². The molecular weight excluding hydrogens is 233 g/mol. The van der Waals surface area contributed by atoms with Gasteiger partial charge in [0, 0.05) is 11.6 Å². The Morgan fingerprint density at radius 3 is 2.18 bits per heavy atom. The first-order valence-corrected chi connectivity index (χ1v) is 5.04. The molecule has 0 saturated carbocycles. The van der Waals surface area contributed by atoms with Crippen molar-refractivity contribution in [2.24, 2.45) is 0 Å². The number of hydrogen-bond acceptors (Lipinski definition) is 2. The lowest BCUT2D eigenvalue weighted by Gasteiger charge is -2.19. The molecule has 1 aromatic rings. The van der Waals surface area contributed by atoms with Crippen molar-refractivity contribution in [3.63, 3.8) is 0 Å². The molecule has 0 atom stereocenters. The summed E-state index contributed by atoms with van der Waals surface area (Å²) < 4.78 is 43.6. The fourth-order valence-electron chi connectivity index (χ4n) is 1.23. The maximum atomic E-state index is 13.2. The summed E-state index contributed by atoms with van der Waals surface area (Å²) >= 11 is 0. The van der Waals surface area contributed by atoms with Gasteiger partial charge in [0.2, 0.25) is 0 Å². The Labute approximate surface area is 97.4 Å². The Kier molecular flexibility index (Phi) is 3.80. The lowest BCUT2D eigenvalue weighted by molar-refractivity contribution is -0.153. The molecule has 0 amide bonds. The zero-order valence-electron chi connectivity index (χ0n) is 9.81. The summed E-state index contributed by atoms with van der Waals surface area (Å²) in [7, 11) is 0. The normalized spacial score (nSPS) is 11.4. The molecule has 0 heterocycles. The summed E-state index contributed by atoms with van der Waals surface area (Å²) in [6.45, 7) is 4.98. The molecule has 0 spiro atoms. The average Bonchev–Trinajstić information content (AvgIpc) is 2.11. The molecule has 0 aliphatic rings. The predicted octanol–water partition coefficient (Wildman–Crippen LogP) is 2.99. The highest BCUT2D eigenvalue weighted by molar-refractivity contribution is 5.73. The Bertz CT molecular complexity index is 436. The van der Waals surface area contributed by atoms with Gasteiger partial charge in [-0.3, -0.25) is 4.79 Å². The van der Waals surface area contributed by atoms with Crippen LogP contribution in [0.25, 0.3) is 0 Å². The maximum Gasteiger partial charge on any atom is 0.310 e. The quantitative estimate of drug-likeness (QED) is 0.592. The van der Waals surface area contributed by atoms with Gasteiger partial charge in [0.15, 0.2) is 11.6 Å². The van der Waals surface area contributed by atoms with Crippen LogP contribution in [-0.2, 0) is 16.0 Å². The lowest BCUT2D eigenvalue weighted by Crippen LogP contribution is -2.25. The van der Waals surface area contributed by atoms with Gasteiger partial charge >= 0.3 is 5.97 Å². The summed E-state index contributed by atoms with van der Waals surface area (Å²) in [5, 5.41) is 0. The lowest BCUT2D eigenvalue weighted by atomic mass is 10.1. The van der Waals surface area contributed by atoms with Crippen molar-refractivity contribution in [2.75, 3.05) is 0 Å². The van der Waals surface area contributed by atoms with Crippen molar-refractivity contribution in [1.29, 1.82) is 0 Å². The summed E-state index contributed by atoms with van der Waals surface area (Å²) in [6, 6.07) is 1.07. The molecule has 1 aromatic carbocycles. The van der Waals surface area contributed by atoms with Crippen LogP contribution in [0.3, 0.4) is 0 Å². The Balaban J connectivity index is 2.82. The zero-order valence-corrected chi connectivity index (χ0v) is 9.81. The van der Waals surface area contributed by atoms with E-state index in [2.05, 4.69) is 0 Å². The van der Waals surface area contributed by atoms with Crippen LogP contribution < -0.4 is 0 Å². The number of esters is 1. The molecular formula is C12H13F3O2. The Hall–Kier alpha value is -1.52. The number of halogens is 3. The largest absolute Gasteiger partial charge is 0.460 e. The van der Waals surface area contributed by atoms with E-state index in [9.17, 15) is 18.0 Å². The minimum Gasteiger partial charge on any atom is -0.460 e. The van der Waals surface area contributed by atoms with Crippen molar-refractivity contribution in [2.45, 2.75) is 32.8 Å². The van der Waals surface area contributed by atoms with Crippen molar-refractivity contribution in [3.05, 3.63) is 35.1 Å². The molecule has 0 aliphatic carbocycles. The third-order valence-corrected chi connectivity index (χ3v) is 1.84. The van der Waals surface area contributed by atoms with Crippen LogP contribution in [-0.4, -0.2) is 11.6 Å². The SMILES string of the molecule is CC(C)(C)OC(=O)Cc1cc(F)c(F)cc1F. The average molecular weight is 246 g/mol. The molecule has 17 heavy (non-hydrogen) atoms. The minimum absolute atomic E-state index is 0.224. The van der Waals surface area contributed by atoms with Crippen molar-refractivity contribution < 1.29 is 22.7 Å². The molecule has 0 aliphatic heterocycles. The highest BCUT2D eigenvalue weighted by Gasteiger charge is 2.19. The number of ether oxygens (including phenoxy) is 1. The molecule has 0 saturated heterocycles. The molecule has 0 radical (unpaired) electrons. The fraction of sp³-hybridized carbons (Fsp3) is 0.417. The van der Waals surface area contributed by atoms with E-state index in [4.69, 9.17) is 4.74 Å². The maximum absolute atomic E-state index is 13.2. The predicted molar refractivity (Wildman–Crippen MR) is 55.9 cm³/mol. The first kappa shape index (κ1) is 13.5. The number of carbonyl (C=O) groups excluding carboxylic acids is 1. The highest BCUT2D eigenvalue weighted by Crippen LogP contribution is 2.16. The van der Waals surface area contributed by atoms with Crippen LogP contribution in [0, 0.1) is 17.5 Å². The Morgan fingerprint density at radius 2 is 1.65 bits per heavy atom. The fourth-order valence-corrected chi connectivity index (χ4v) is 1.23. The third-order valence-electron chi connectivity index (χ3n) is 1.84. The number of benzene rings is 1. The summed E-state index contributed by atoms with van der Waals surface area (Å²) in [5.41, 5.74) is -0.926. The van der Waals surface area contributed by atoms with Gasteiger partial charge in [-0.05, 0) is 26.8 Å². The molecule has 0 N–H and O–H groups in total. The van der Waals surface area contributed by atoms with Gasteiger partial charge in [-0.1, -0.05) is 0 Å². The van der Waals surface area contributed by atoms with Gasteiger partial charge in [-0.15, -0.1) is 0 Å². The first-order valence-electron chi connectivity index (χ1n) is 5.04. The van der Waals surface area contributed by atoms with Crippen molar-refractivity contribution in [1.82, 2.24) is 0 Å². The van der Waals surface area contributed by atoms with Crippen molar-refractivity contribution in [3.8, 4) is 0 Å². The van der Waals surface area contributed by atoms with Crippen LogP contribution in [0.5, 0.6) is 0 Å². The van der Waals surface area contributed by atoms with Gasteiger partial charge in [0.1, 0.15) is 11.4 Å². The van der Waals surface area contributed by atoms with Crippen LogP contribution in [0.4, 0.5) is 13.2 Å². The standard InChI is InChI=1S/C12H13F3O2/c1-12(2,3)17-11(16)5-7-4-9(14)10(15)6-8(7)13/h4,6H,5H2,1-3H3. The van der Waals surface area contributed by atoms with E-state index in [1.807, 2.05) is 0 Å². The van der Waals surface area contributed by atoms with Crippen LogP contribution >= 0.6 is 0 Å². The zero-order chi connectivity index (χ0) is 13.2. The van der Waals surface area contributed by atoms with E-state index in [1.54, 1.807) is 20.8 Å². The summed E-state index contributed by atoms with van der Waals surface area (Å²) in [6.07, 6.45) is -0.430. The molecule has 0 unspecified atom stereocenters. The van der Waals surface area contributed by atoms with Gasteiger partial charge in [-0.25, -0.2) is 13.2 Å². The molecule has 0 bridgehead atoms. The molecule has 94 valence electrons. The van der Waals surface area contributed by atoms with Crippen LogP contribution in [0.15, 0.2) is 12.1 Å². The number of carbonyl (C=O) groups is 1. The smallest absolute Gasteiger partial charge is 0.310 e. The van der Waals surface area contributed by atoms with Crippen LogP contribution in [0.2, 0.25) is 0 Å². The molecule has 1 rings (SSSR count). The minimum atomic E-state index is -1.28. The van der Waals surface area contributed by atoms with Gasteiger partial charge in [0.05, 0.1) is 6.42 Å². The molecule has 5 heteroatoms. The molecule has 2 nitrogen and oxygen atoms in total. The van der Waals surface area contributed by atoms with E-state index < -0.39 is 35.4 Å². The van der Waals surface area contributed by atoms with E-state index in [-0.39, 0.29) is 5.56 Å². The van der Waals surface area contributed by atoms with E-state index in [0.717, 1.165) is 0 Å². The van der Waals surface area contributed by atoms with Crippen LogP contribution in [0.1, 0.15) is 26.3 Å². The first-order chi connectivity index (χ1) is 7.69. The highest BCUT2D eigenvalue weighted by atomic mass is 19.2. The number of rotatable bonds is 2. The van der Waals surface area contributed by atoms with Gasteiger partial charge < -0.3 is 4.74 Å². The van der Waals surface area contributed by atoms with Gasteiger partial charge in [-0.2, -0.15) is 0 Å². The molecule has 0 aromatic heterocycles. The topological polar surface area (TPSA) is 26.3 Å². The van der Waals surface area contributed by atoms with Gasteiger partial charge in [0.25, 0.3) is 0 Å². The van der Waals surface area contributed by atoms with E-state index >= 15 is 0 Å². The van der Waals surface area contributed by atoms with E-state index in [0.29, 0.717) is 12.1 Å². The second-order valence-electron chi connectivity index (χ2n) is 4.62. The Morgan fingerprint density at radius 1 is 1.12 bits per heavy atom. The monoisotopic (exact) mass is 246 g/mol. The van der Waals surface area contributed by atoms with E-state index in [1.165, 1.54) is 0 Å².